The number of hydrogen-bond acceptors (Lipinski definition) is 7. The molecule has 0 saturated carbocycles. The number of para-hydroxylation sites is 1. The third-order valence-electron chi connectivity index (χ3n) is 7.36. The molecule has 2 fully saturated rings. The molecule has 208 valence electrons. The number of hydrogen-bond donors (Lipinski definition) is 1. The fourth-order valence-corrected chi connectivity index (χ4v) is 5.16. The minimum atomic E-state index is -0.599. The Balaban J connectivity index is 1.23. The molecule has 8 nitrogen and oxygen atoms in total. The Bertz CT molecular complexity index is 1520. The highest BCUT2D eigenvalue weighted by atomic mass is 19.1. The van der Waals surface area contributed by atoms with Gasteiger partial charge in [-0.15, -0.1) is 0 Å². The van der Waals surface area contributed by atoms with E-state index in [1.807, 2.05) is 17.9 Å². The summed E-state index contributed by atoms with van der Waals surface area (Å²) in [5, 5.41) is 3.15. The van der Waals surface area contributed by atoms with Gasteiger partial charge in [-0.25, -0.2) is 8.78 Å². The van der Waals surface area contributed by atoms with Crippen LogP contribution < -0.4 is 5.32 Å². The van der Waals surface area contributed by atoms with Crippen molar-refractivity contribution in [2.45, 2.75) is 13.5 Å². The molecular formula is C30H30F2N4O4. The number of carbonyl (C=O) groups excluding carboxylic acids is 1. The number of oxazole rings is 1. The number of anilines is 2. The number of aryl methyl sites for hydroxylation is 1. The quantitative estimate of drug-likeness (QED) is 0.358. The molecule has 40 heavy (non-hydrogen) atoms. The molecule has 2 saturated heterocycles. The Morgan fingerprint density at radius 1 is 0.950 bits per heavy atom. The molecule has 0 unspecified atom stereocenters. The van der Waals surface area contributed by atoms with Gasteiger partial charge in [0.2, 0.25) is 0 Å². The second-order valence-electron chi connectivity index (χ2n) is 10.0. The largest absolute Gasteiger partial charge is 0.423 e. The Morgan fingerprint density at radius 3 is 2.35 bits per heavy atom. The first-order valence-electron chi connectivity index (χ1n) is 13.4. The summed E-state index contributed by atoms with van der Waals surface area (Å²) in [6, 6.07) is 13.7. The lowest BCUT2D eigenvalue weighted by Gasteiger charge is -2.27. The number of nitrogens with zero attached hydrogens (tertiary/aromatic N) is 3. The van der Waals surface area contributed by atoms with Crippen molar-refractivity contribution in [1.82, 2.24) is 14.8 Å². The van der Waals surface area contributed by atoms with E-state index in [-0.39, 0.29) is 24.0 Å². The molecule has 6 rings (SSSR count). The maximum Gasteiger partial charge on any atom is 0.300 e. The zero-order valence-electron chi connectivity index (χ0n) is 22.2. The molecular weight excluding hydrogens is 518 g/mol. The minimum Gasteiger partial charge on any atom is -0.423 e. The van der Waals surface area contributed by atoms with Gasteiger partial charge in [0, 0.05) is 55.1 Å². The number of amides is 1. The molecule has 0 aliphatic carbocycles. The molecule has 1 amide bonds. The van der Waals surface area contributed by atoms with E-state index in [0.717, 1.165) is 5.56 Å². The van der Waals surface area contributed by atoms with Crippen LogP contribution in [0.4, 0.5) is 20.5 Å². The third-order valence-corrected chi connectivity index (χ3v) is 7.36. The highest BCUT2D eigenvalue weighted by molar-refractivity contribution is 5.96. The average Bonchev–Trinajstić information content (AvgIpc) is 3.38. The second kappa shape index (κ2) is 11.3. The van der Waals surface area contributed by atoms with Crippen LogP contribution in [0.15, 0.2) is 52.9 Å². The molecule has 3 heterocycles. The van der Waals surface area contributed by atoms with Crippen molar-refractivity contribution >= 4 is 28.7 Å². The first kappa shape index (κ1) is 26.4. The van der Waals surface area contributed by atoms with Crippen LogP contribution in [0.3, 0.4) is 0 Å². The summed E-state index contributed by atoms with van der Waals surface area (Å²) in [6.45, 7) is 6.71. The minimum absolute atomic E-state index is 0.0192. The number of aromatic nitrogens is 1. The molecule has 0 radical (unpaired) electrons. The van der Waals surface area contributed by atoms with E-state index in [0.29, 0.717) is 86.1 Å². The van der Waals surface area contributed by atoms with E-state index in [9.17, 15) is 4.79 Å². The van der Waals surface area contributed by atoms with E-state index in [1.165, 1.54) is 12.1 Å². The molecule has 2 aliphatic rings. The van der Waals surface area contributed by atoms with E-state index >= 15 is 8.78 Å². The number of nitrogens with one attached hydrogen (secondary N) is 1. The molecule has 0 atom stereocenters. The summed E-state index contributed by atoms with van der Waals surface area (Å²) in [5.41, 5.74) is 4.08. The summed E-state index contributed by atoms with van der Waals surface area (Å²) < 4.78 is 46.9. The number of morpholine rings is 2. The zero-order valence-corrected chi connectivity index (χ0v) is 22.2. The molecule has 1 aromatic heterocycles. The van der Waals surface area contributed by atoms with Crippen LogP contribution in [-0.2, 0) is 16.0 Å². The van der Waals surface area contributed by atoms with Gasteiger partial charge in [-0.3, -0.25) is 9.69 Å². The Labute approximate surface area is 230 Å². The molecule has 1 N–H and O–H groups in total. The average molecular weight is 549 g/mol. The van der Waals surface area contributed by atoms with Crippen molar-refractivity contribution in [2.24, 2.45) is 0 Å². The Morgan fingerprint density at radius 2 is 1.65 bits per heavy atom. The highest BCUT2D eigenvalue weighted by Gasteiger charge is 2.22. The number of halogens is 2. The molecule has 4 aromatic rings. The van der Waals surface area contributed by atoms with Crippen LogP contribution in [-0.4, -0.2) is 73.3 Å². The van der Waals surface area contributed by atoms with Crippen LogP contribution in [0.5, 0.6) is 0 Å². The van der Waals surface area contributed by atoms with Gasteiger partial charge in [-0.2, -0.15) is 4.98 Å². The van der Waals surface area contributed by atoms with Crippen LogP contribution in [0.1, 0.15) is 21.5 Å². The van der Waals surface area contributed by atoms with Crippen LogP contribution in [0, 0.1) is 18.6 Å². The van der Waals surface area contributed by atoms with E-state index in [1.54, 1.807) is 35.2 Å². The van der Waals surface area contributed by atoms with Gasteiger partial charge in [0.05, 0.1) is 26.4 Å². The molecule has 10 heteroatoms. The van der Waals surface area contributed by atoms with Gasteiger partial charge in [0.15, 0.2) is 5.58 Å². The van der Waals surface area contributed by atoms with Gasteiger partial charge in [0.1, 0.15) is 17.2 Å². The van der Waals surface area contributed by atoms with Crippen LogP contribution in [0.25, 0.3) is 22.2 Å². The molecule has 0 spiro atoms. The van der Waals surface area contributed by atoms with Crippen LogP contribution >= 0.6 is 0 Å². The number of rotatable bonds is 6. The first-order chi connectivity index (χ1) is 19.5. The van der Waals surface area contributed by atoms with E-state index < -0.39 is 11.6 Å². The van der Waals surface area contributed by atoms with E-state index in [2.05, 4.69) is 10.3 Å². The number of carbonyl (C=O) groups is 1. The summed E-state index contributed by atoms with van der Waals surface area (Å²) >= 11 is 0. The molecule has 3 aromatic carbocycles. The van der Waals surface area contributed by atoms with Gasteiger partial charge >= 0.3 is 0 Å². The van der Waals surface area contributed by atoms with Gasteiger partial charge in [0.25, 0.3) is 11.9 Å². The predicted molar refractivity (Wildman–Crippen MR) is 147 cm³/mol. The maximum absolute atomic E-state index is 15.1. The monoisotopic (exact) mass is 548 g/mol. The van der Waals surface area contributed by atoms with Crippen molar-refractivity contribution < 1.29 is 27.5 Å². The molecule has 2 aliphatic heterocycles. The van der Waals surface area contributed by atoms with Crippen molar-refractivity contribution in [1.29, 1.82) is 0 Å². The number of ether oxygens (including phenoxy) is 2. The molecule has 0 bridgehead atoms. The number of benzene rings is 3. The van der Waals surface area contributed by atoms with Crippen molar-refractivity contribution in [3.05, 3.63) is 76.9 Å². The second-order valence-corrected chi connectivity index (χ2v) is 10.0. The van der Waals surface area contributed by atoms with E-state index in [4.69, 9.17) is 13.9 Å². The highest BCUT2D eigenvalue weighted by Crippen LogP contribution is 2.34. The Hall–Kier alpha value is -3.86. The number of fused-ring (bicyclic) bond motifs is 1. The predicted octanol–water partition coefficient (Wildman–Crippen LogP) is 5.13. The standard InChI is InChI=1S/C30H30F2N4O4/c1-19-15-21(5-6-22(19)29(37)36-9-13-39-14-10-36)33-30-34-27-4-2-3-23(28(27)40-30)20-16-25(31)24(26(32)17-20)18-35-7-11-38-12-8-35/h2-6,15-17H,7-14,18H2,1H3,(H,33,34). The van der Waals surface area contributed by atoms with Crippen molar-refractivity contribution in [3.8, 4) is 11.1 Å². The van der Waals surface area contributed by atoms with Gasteiger partial charge in [-0.1, -0.05) is 12.1 Å². The zero-order chi connectivity index (χ0) is 27.6. The Kier molecular flexibility index (Phi) is 7.46. The fourth-order valence-electron chi connectivity index (χ4n) is 5.16. The topological polar surface area (TPSA) is 80.1 Å². The summed E-state index contributed by atoms with van der Waals surface area (Å²) in [5.74, 6) is -1.22. The fraction of sp³-hybridized carbons (Fsp3) is 0.333. The third kappa shape index (κ3) is 5.42. The lowest BCUT2D eigenvalue weighted by Crippen LogP contribution is -2.40. The van der Waals surface area contributed by atoms with Gasteiger partial charge in [-0.05, 0) is 54.4 Å². The lowest BCUT2D eigenvalue weighted by atomic mass is 10.0. The summed E-state index contributed by atoms with van der Waals surface area (Å²) in [7, 11) is 0. The summed E-state index contributed by atoms with van der Waals surface area (Å²) in [4.78, 5) is 21.2. The van der Waals surface area contributed by atoms with Crippen molar-refractivity contribution in [2.75, 3.05) is 57.9 Å². The maximum atomic E-state index is 15.1. The van der Waals surface area contributed by atoms with Crippen LogP contribution in [0.2, 0.25) is 0 Å². The lowest BCUT2D eigenvalue weighted by molar-refractivity contribution is 0.0302. The van der Waals surface area contributed by atoms with Crippen molar-refractivity contribution in [3.63, 3.8) is 0 Å². The summed E-state index contributed by atoms with van der Waals surface area (Å²) in [6.07, 6.45) is 0. The normalized spacial score (nSPS) is 16.4. The smallest absolute Gasteiger partial charge is 0.300 e. The first-order valence-corrected chi connectivity index (χ1v) is 13.4. The SMILES string of the molecule is Cc1cc(Nc2nc3cccc(-c4cc(F)c(CN5CCOCC5)c(F)c4)c3o2)ccc1C(=O)N1CCOCC1. The van der Waals surface area contributed by atoms with Gasteiger partial charge < -0.3 is 24.1 Å².